The van der Waals surface area contributed by atoms with Crippen LogP contribution in [0, 0.1) is 0 Å². The maximum Gasteiger partial charge on any atom is 0.0542 e. The second kappa shape index (κ2) is 12.1. The molecular weight excluding hydrogens is 258 g/mol. The Bertz CT molecular complexity index is 399. The number of hydrogen-bond donors (Lipinski definition) is 2. The van der Waals surface area contributed by atoms with Gasteiger partial charge in [0.15, 0.2) is 0 Å². The molecule has 0 bridgehead atoms. The maximum absolute atomic E-state index is 4.26. The molecule has 3 heteroatoms. The molecule has 2 aromatic rings. The molecule has 0 unspecified atom stereocenters. The summed E-state index contributed by atoms with van der Waals surface area (Å²) in [5.41, 5.74) is 2.49. The summed E-state index contributed by atoms with van der Waals surface area (Å²) < 4.78 is 0. The van der Waals surface area contributed by atoms with Crippen LogP contribution >= 0.6 is 0 Å². The normalized spacial score (nSPS) is 9.81. The minimum absolute atomic E-state index is 0.812. The molecule has 1 aromatic heterocycles. The van der Waals surface area contributed by atoms with Gasteiger partial charge in [0.05, 0.1) is 5.69 Å². The number of aryl methyl sites for hydroxylation is 1. The van der Waals surface area contributed by atoms with Crippen LogP contribution in [0.1, 0.15) is 31.5 Å². The van der Waals surface area contributed by atoms with Crippen molar-refractivity contribution in [3.8, 4) is 0 Å². The molecule has 3 nitrogen and oxygen atoms in total. The zero-order chi connectivity index (χ0) is 15.2. The van der Waals surface area contributed by atoms with Crippen molar-refractivity contribution in [1.29, 1.82) is 0 Å². The Labute approximate surface area is 128 Å². The van der Waals surface area contributed by atoms with Crippen LogP contribution in [0.4, 0.5) is 0 Å². The van der Waals surface area contributed by atoms with Crippen molar-refractivity contribution < 1.29 is 0 Å². The van der Waals surface area contributed by atoms with E-state index >= 15 is 0 Å². The highest BCUT2D eigenvalue weighted by Gasteiger charge is 1.93. The van der Waals surface area contributed by atoms with Gasteiger partial charge in [-0.1, -0.05) is 50.2 Å². The first kappa shape index (κ1) is 17.3. The van der Waals surface area contributed by atoms with Gasteiger partial charge >= 0.3 is 0 Å². The molecule has 0 fully saturated rings. The van der Waals surface area contributed by atoms with Crippen LogP contribution in [0.2, 0.25) is 0 Å². The van der Waals surface area contributed by atoms with Crippen molar-refractivity contribution >= 4 is 0 Å². The average molecular weight is 285 g/mol. The van der Waals surface area contributed by atoms with Gasteiger partial charge in [-0.3, -0.25) is 10.3 Å². The van der Waals surface area contributed by atoms with Gasteiger partial charge in [0, 0.05) is 19.4 Å². The number of pyridine rings is 1. The van der Waals surface area contributed by atoms with Crippen molar-refractivity contribution in [3.05, 3.63) is 66.0 Å². The van der Waals surface area contributed by atoms with Gasteiger partial charge in [0.25, 0.3) is 0 Å². The molecule has 114 valence electrons. The fourth-order valence-corrected chi connectivity index (χ4v) is 1.93. The molecule has 0 aliphatic rings. The highest BCUT2D eigenvalue weighted by atomic mass is 15.1. The topological polar surface area (TPSA) is 37.0 Å². The molecule has 0 saturated carbocycles. The monoisotopic (exact) mass is 285 g/mol. The van der Waals surface area contributed by atoms with E-state index in [2.05, 4.69) is 45.9 Å². The molecule has 0 aliphatic heterocycles. The van der Waals surface area contributed by atoms with Gasteiger partial charge in [0.1, 0.15) is 0 Å². The van der Waals surface area contributed by atoms with E-state index in [1.54, 1.807) is 0 Å². The number of nitrogens with one attached hydrogen (secondary N) is 2. The number of nitrogens with zero attached hydrogens (tertiary/aromatic N) is 1. The van der Waals surface area contributed by atoms with Gasteiger partial charge in [-0.25, -0.2) is 0 Å². The van der Waals surface area contributed by atoms with Crippen LogP contribution < -0.4 is 10.6 Å². The SMILES string of the molecule is CC.c1ccc(CCCNCNCc2ccccn2)cc1. The number of rotatable bonds is 8. The van der Waals surface area contributed by atoms with E-state index in [1.807, 2.05) is 38.2 Å². The molecule has 0 saturated heterocycles. The fourth-order valence-electron chi connectivity index (χ4n) is 1.93. The Morgan fingerprint density at radius 1 is 0.905 bits per heavy atom. The van der Waals surface area contributed by atoms with E-state index in [4.69, 9.17) is 0 Å². The molecule has 0 radical (unpaired) electrons. The quantitative estimate of drug-likeness (QED) is 0.577. The molecule has 0 aliphatic carbocycles. The van der Waals surface area contributed by atoms with E-state index < -0.39 is 0 Å². The third-order valence-electron chi connectivity index (χ3n) is 2.94. The highest BCUT2D eigenvalue weighted by Crippen LogP contribution is 2.01. The molecule has 0 spiro atoms. The lowest BCUT2D eigenvalue weighted by molar-refractivity contribution is 0.564. The Hall–Kier alpha value is -1.71. The zero-order valence-corrected chi connectivity index (χ0v) is 13.2. The van der Waals surface area contributed by atoms with Crippen LogP contribution in [-0.4, -0.2) is 18.2 Å². The van der Waals surface area contributed by atoms with Crippen LogP contribution in [0.5, 0.6) is 0 Å². The van der Waals surface area contributed by atoms with Crippen LogP contribution in [0.3, 0.4) is 0 Å². The third-order valence-corrected chi connectivity index (χ3v) is 2.94. The standard InChI is InChI=1S/C16H21N3.C2H6/c1-2-7-15(8-3-1)9-6-11-17-14-18-13-16-10-4-5-12-19-16;1-2/h1-5,7-8,10,12,17-18H,6,9,11,13-14H2;1-2H3. The van der Waals surface area contributed by atoms with Crippen molar-refractivity contribution in [2.75, 3.05) is 13.2 Å². The molecule has 2 rings (SSSR count). The minimum Gasteiger partial charge on any atom is -0.304 e. The largest absolute Gasteiger partial charge is 0.304 e. The minimum atomic E-state index is 0.812. The van der Waals surface area contributed by atoms with E-state index in [1.165, 1.54) is 5.56 Å². The second-order valence-electron chi connectivity index (χ2n) is 4.51. The van der Waals surface area contributed by atoms with Crippen molar-refractivity contribution in [1.82, 2.24) is 15.6 Å². The summed E-state index contributed by atoms with van der Waals surface area (Å²) >= 11 is 0. The molecule has 2 N–H and O–H groups in total. The summed E-state index contributed by atoms with van der Waals surface area (Å²) in [6.45, 7) is 6.67. The first-order valence-electron chi connectivity index (χ1n) is 7.80. The molecule has 1 aromatic carbocycles. The Balaban J connectivity index is 0.00000106. The van der Waals surface area contributed by atoms with E-state index in [0.717, 1.165) is 38.3 Å². The maximum atomic E-state index is 4.26. The fraction of sp³-hybridized carbons (Fsp3) is 0.389. The average Bonchev–Trinajstić information content (AvgIpc) is 2.58. The Morgan fingerprint density at radius 2 is 1.67 bits per heavy atom. The van der Waals surface area contributed by atoms with Gasteiger partial charge in [-0.2, -0.15) is 0 Å². The lowest BCUT2D eigenvalue weighted by atomic mass is 10.1. The molecule has 1 heterocycles. The second-order valence-corrected chi connectivity index (χ2v) is 4.51. The number of benzene rings is 1. The predicted molar refractivity (Wildman–Crippen MR) is 90.1 cm³/mol. The van der Waals surface area contributed by atoms with E-state index in [9.17, 15) is 0 Å². The van der Waals surface area contributed by atoms with Crippen molar-refractivity contribution in [2.45, 2.75) is 33.2 Å². The zero-order valence-electron chi connectivity index (χ0n) is 13.2. The van der Waals surface area contributed by atoms with E-state index in [0.29, 0.717) is 0 Å². The summed E-state index contributed by atoms with van der Waals surface area (Å²) in [7, 11) is 0. The van der Waals surface area contributed by atoms with Crippen LogP contribution in [0.15, 0.2) is 54.7 Å². The van der Waals surface area contributed by atoms with E-state index in [-0.39, 0.29) is 0 Å². The van der Waals surface area contributed by atoms with Crippen LogP contribution in [-0.2, 0) is 13.0 Å². The van der Waals surface area contributed by atoms with Crippen molar-refractivity contribution in [3.63, 3.8) is 0 Å². The predicted octanol–water partition coefficient (Wildman–Crippen LogP) is 3.38. The summed E-state index contributed by atoms with van der Waals surface area (Å²) in [4.78, 5) is 4.26. The van der Waals surface area contributed by atoms with Gasteiger partial charge in [-0.15, -0.1) is 0 Å². The molecule has 0 atom stereocenters. The van der Waals surface area contributed by atoms with Gasteiger partial charge in [-0.05, 0) is 37.1 Å². The first-order chi connectivity index (χ1) is 10.4. The van der Waals surface area contributed by atoms with Crippen molar-refractivity contribution in [2.24, 2.45) is 0 Å². The summed E-state index contributed by atoms with van der Waals surface area (Å²) in [5, 5.41) is 6.71. The van der Waals surface area contributed by atoms with Gasteiger partial charge < -0.3 is 5.32 Å². The lowest BCUT2D eigenvalue weighted by Crippen LogP contribution is -2.29. The summed E-state index contributed by atoms with van der Waals surface area (Å²) in [6.07, 6.45) is 4.12. The first-order valence-corrected chi connectivity index (χ1v) is 7.80. The number of hydrogen-bond acceptors (Lipinski definition) is 3. The van der Waals surface area contributed by atoms with Crippen LogP contribution in [0.25, 0.3) is 0 Å². The number of aromatic nitrogens is 1. The highest BCUT2D eigenvalue weighted by molar-refractivity contribution is 5.14. The Morgan fingerprint density at radius 3 is 2.38 bits per heavy atom. The Kier molecular flexibility index (Phi) is 9.96. The molecule has 0 amide bonds. The van der Waals surface area contributed by atoms with Gasteiger partial charge in [0.2, 0.25) is 0 Å². The molecule has 21 heavy (non-hydrogen) atoms. The third kappa shape index (κ3) is 8.23. The smallest absolute Gasteiger partial charge is 0.0542 e. The lowest BCUT2D eigenvalue weighted by Gasteiger charge is -2.06. The molecular formula is C18H27N3. The summed E-state index contributed by atoms with van der Waals surface area (Å²) in [5.74, 6) is 0. The summed E-state index contributed by atoms with van der Waals surface area (Å²) in [6, 6.07) is 16.6.